The first-order valence-electron chi connectivity index (χ1n) is 16.4. The number of piperazine rings is 1. The summed E-state index contributed by atoms with van der Waals surface area (Å²) in [6, 6.07) is 19.7. The van der Waals surface area contributed by atoms with Gasteiger partial charge in [-0.15, -0.1) is 0 Å². The molecule has 3 aromatic carbocycles. The molecule has 0 aromatic heterocycles. The van der Waals surface area contributed by atoms with Gasteiger partial charge in [-0.3, -0.25) is 14.4 Å². The van der Waals surface area contributed by atoms with E-state index in [1.165, 1.54) is 11.5 Å². The van der Waals surface area contributed by atoms with Crippen LogP contribution in [0.4, 0.5) is 4.79 Å². The highest BCUT2D eigenvalue weighted by molar-refractivity contribution is 5.92. The van der Waals surface area contributed by atoms with Crippen LogP contribution in [-0.2, 0) is 32.2 Å². The molecule has 0 radical (unpaired) electrons. The second-order valence-corrected chi connectivity index (χ2v) is 12.6. The fourth-order valence-corrected chi connectivity index (χ4v) is 7.06. The number of phenols is 1. The number of benzene rings is 3. The molecule has 1 N–H and O–H groups in total. The van der Waals surface area contributed by atoms with Crippen molar-refractivity contribution in [3.8, 4) is 5.75 Å². The van der Waals surface area contributed by atoms with Gasteiger partial charge < -0.3 is 19.6 Å². The number of nitrogens with zero attached hydrogens (tertiary/aromatic N) is 3. The average Bonchev–Trinajstić information content (AvgIpc) is 3.06. The number of fused-ring (bicyclic) bond motifs is 2. The molecule has 0 bridgehead atoms. The molecule has 2 saturated heterocycles. The van der Waals surface area contributed by atoms with Crippen molar-refractivity contribution in [3.63, 3.8) is 0 Å². The Hall–Kier alpha value is -4.11. The number of rotatable bonds is 9. The number of phenolic OH excluding ortho intramolecular Hbond substituents is 1. The quantitative estimate of drug-likeness (QED) is 0.310. The number of aromatic hydroxyl groups is 1. The Morgan fingerprint density at radius 3 is 2.49 bits per heavy atom. The molecule has 3 amide bonds. The van der Waals surface area contributed by atoms with E-state index in [2.05, 4.69) is 0 Å². The monoisotopic (exact) mass is 613 g/mol. The van der Waals surface area contributed by atoms with Gasteiger partial charge in [0.2, 0.25) is 5.91 Å². The summed E-state index contributed by atoms with van der Waals surface area (Å²) in [4.78, 5) is 51.8. The standard InChI is InChI=1S/C36H43N3O6/c1-2-3-16-32-35(42)38-31(21-25-17-19-29(40)20-18-25)34(41)37(22-26-10-5-4-6-11-26)23-33(38)39(45-32)36(43)44-24-28-14-9-13-27-12-7-8-15-30(27)28/h7-9,12-15,17-20,26,31-33,40H,2-6,10-11,16,21-24H2,1H3/t31-,32+,33?/m0/s1. The fraction of sp³-hybridized carbons (Fsp3) is 0.472. The first-order chi connectivity index (χ1) is 21.9. The van der Waals surface area contributed by atoms with Crippen LogP contribution in [0.5, 0.6) is 5.75 Å². The number of ether oxygens (including phenoxy) is 1. The highest BCUT2D eigenvalue weighted by atomic mass is 16.7. The second kappa shape index (κ2) is 13.9. The van der Waals surface area contributed by atoms with Crippen LogP contribution in [0.2, 0.25) is 0 Å². The lowest BCUT2D eigenvalue weighted by atomic mass is 9.88. The second-order valence-electron chi connectivity index (χ2n) is 12.6. The summed E-state index contributed by atoms with van der Waals surface area (Å²) in [7, 11) is 0. The minimum Gasteiger partial charge on any atom is -0.508 e. The molecule has 0 spiro atoms. The first-order valence-corrected chi connectivity index (χ1v) is 16.4. The molecule has 1 saturated carbocycles. The van der Waals surface area contributed by atoms with Crippen molar-refractivity contribution in [1.29, 1.82) is 0 Å². The summed E-state index contributed by atoms with van der Waals surface area (Å²) in [6.45, 7) is 2.83. The van der Waals surface area contributed by atoms with E-state index in [9.17, 15) is 19.5 Å². The molecule has 3 fully saturated rings. The van der Waals surface area contributed by atoms with Crippen LogP contribution in [0.3, 0.4) is 0 Å². The van der Waals surface area contributed by atoms with E-state index in [0.29, 0.717) is 18.9 Å². The summed E-state index contributed by atoms with van der Waals surface area (Å²) in [5, 5.41) is 13.1. The summed E-state index contributed by atoms with van der Waals surface area (Å²) >= 11 is 0. The molecule has 2 aliphatic heterocycles. The number of unbranched alkanes of at least 4 members (excludes halogenated alkanes) is 1. The van der Waals surface area contributed by atoms with Crippen molar-refractivity contribution in [2.45, 2.75) is 89.6 Å². The molecule has 238 valence electrons. The van der Waals surface area contributed by atoms with Gasteiger partial charge in [0.15, 0.2) is 12.3 Å². The van der Waals surface area contributed by atoms with E-state index in [-0.39, 0.29) is 37.1 Å². The van der Waals surface area contributed by atoms with Crippen LogP contribution in [0.25, 0.3) is 10.8 Å². The topological polar surface area (TPSA) is 99.6 Å². The van der Waals surface area contributed by atoms with E-state index in [4.69, 9.17) is 9.57 Å². The normalized spacial score (nSPS) is 22.5. The maximum Gasteiger partial charge on any atom is 0.436 e. The lowest BCUT2D eigenvalue weighted by Gasteiger charge is -2.53. The number of hydrogen-bond acceptors (Lipinski definition) is 6. The number of hydrogen-bond donors (Lipinski definition) is 1. The summed E-state index contributed by atoms with van der Waals surface area (Å²) < 4.78 is 5.88. The lowest BCUT2D eigenvalue weighted by Crippen LogP contribution is -2.74. The van der Waals surface area contributed by atoms with Crippen LogP contribution in [0, 0.1) is 5.92 Å². The molecule has 1 aliphatic carbocycles. The summed E-state index contributed by atoms with van der Waals surface area (Å²) in [6.07, 6.45) is 5.51. The van der Waals surface area contributed by atoms with E-state index in [1.807, 2.05) is 54.3 Å². The highest BCUT2D eigenvalue weighted by Crippen LogP contribution is 2.33. The third kappa shape index (κ3) is 6.78. The van der Waals surface area contributed by atoms with Crippen LogP contribution in [0.1, 0.15) is 69.4 Å². The molecule has 3 aliphatic rings. The zero-order chi connectivity index (χ0) is 31.3. The number of carbonyl (C=O) groups excluding carboxylic acids is 3. The van der Waals surface area contributed by atoms with Crippen LogP contribution in [-0.4, -0.2) is 69.3 Å². The Labute approximate surface area is 264 Å². The zero-order valence-electron chi connectivity index (χ0n) is 26.0. The van der Waals surface area contributed by atoms with Crippen molar-refractivity contribution in [2.75, 3.05) is 13.1 Å². The number of amides is 3. The van der Waals surface area contributed by atoms with Gasteiger partial charge in [0.1, 0.15) is 18.4 Å². The Morgan fingerprint density at radius 1 is 0.956 bits per heavy atom. The third-order valence-corrected chi connectivity index (χ3v) is 9.48. The fourth-order valence-electron chi connectivity index (χ4n) is 7.06. The van der Waals surface area contributed by atoms with Gasteiger partial charge >= 0.3 is 6.09 Å². The lowest BCUT2D eigenvalue weighted by molar-refractivity contribution is -0.268. The smallest absolute Gasteiger partial charge is 0.436 e. The van der Waals surface area contributed by atoms with Crippen molar-refractivity contribution in [3.05, 3.63) is 77.9 Å². The van der Waals surface area contributed by atoms with Crippen molar-refractivity contribution >= 4 is 28.7 Å². The molecular weight excluding hydrogens is 570 g/mol. The van der Waals surface area contributed by atoms with E-state index >= 15 is 0 Å². The molecule has 9 heteroatoms. The highest BCUT2D eigenvalue weighted by Gasteiger charge is 2.53. The third-order valence-electron chi connectivity index (χ3n) is 9.48. The maximum absolute atomic E-state index is 14.2. The minimum atomic E-state index is -0.897. The van der Waals surface area contributed by atoms with Crippen LogP contribution >= 0.6 is 0 Å². The van der Waals surface area contributed by atoms with Gasteiger partial charge in [0, 0.05) is 13.0 Å². The molecule has 1 unspecified atom stereocenters. The van der Waals surface area contributed by atoms with Gasteiger partial charge in [-0.25, -0.2) is 4.79 Å². The average molecular weight is 614 g/mol. The van der Waals surface area contributed by atoms with Crippen molar-refractivity contribution in [1.82, 2.24) is 14.9 Å². The Kier molecular flexibility index (Phi) is 9.54. The predicted octanol–water partition coefficient (Wildman–Crippen LogP) is 6.18. The first kappa shape index (κ1) is 30.9. The maximum atomic E-state index is 14.2. The van der Waals surface area contributed by atoms with Gasteiger partial charge in [0.25, 0.3) is 5.91 Å². The van der Waals surface area contributed by atoms with Crippen molar-refractivity contribution < 1.29 is 29.1 Å². The number of hydroxylamine groups is 2. The SMILES string of the molecule is CCCC[C@H]1ON(C(=O)OCc2cccc3ccccc23)C2CN(CC3CCCCC3)C(=O)[C@H](Cc3ccc(O)cc3)N2C1=O. The molecule has 45 heavy (non-hydrogen) atoms. The van der Waals surface area contributed by atoms with Crippen LogP contribution < -0.4 is 0 Å². The summed E-state index contributed by atoms with van der Waals surface area (Å²) in [5.41, 5.74) is 1.69. The minimum absolute atomic E-state index is 0.0436. The Morgan fingerprint density at radius 2 is 1.71 bits per heavy atom. The van der Waals surface area contributed by atoms with Gasteiger partial charge in [0.05, 0.1) is 6.54 Å². The molecular formula is C36H43N3O6. The molecule has 3 aromatic rings. The predicted molar refractivity (Wildman–Crippen MR) is 170 cm³/mol. The zero-order valence-corrected chi connectivity index (χ0v) is 26.0. The Bertz CT molecular complexity index is 1500. The van der Waals surface area contributed by atoms with E-state index < -0.39 is 24.4 Å². The molecule has 9 nitrogen and oxygen atoms in total. The van der Waals surface area contributed by atoms with E-state index in [1.54, 1.807) is 29.2 Å². The van der Waals surface area contributed by atoms with Crippen LogP contribution in [0.15, 0.2) is 66.7 Å². The van der Waals surface area contributed by atoms with Gasteiger partial charge in [-0.1, -0.05) is 93.6 Å². The molecule has 6 rings (SSSR count). The molecule has 3 atom stereocenters. The van der Waals surface area contributed by atoms with E-state index in [0.717, 1.165) is 60.4 Å². The van der Waals surface area contributed by atoms with Crippen molar-refractivity contribution in [2.24, 2.45) is 5.92 Å². The Balaban J connectivity index is 1.30. The molecule has 2 heterocycles. The largest absolute Gasteiger partial charge is 0.508 e. The summed E-state index contributed by atoms with van der Waals surface area (Å²) in [5.74, 6) is 0.125. The van der Waals surface area contributed by atoms with Gasteiger partial charge in [-0.05, 0) is 59.2 Å². The van der Waals surface area contributed by atoms with Gasteiger partial charge in [-0.2, -0.15) is 5.06 Å². The number of carbonyl (C=O) groups is 3.